The number of nitrogen functional groups attached to an aromatic ring is 1. The van der Waals surface area contributed by atoms with E-state index in [-0.39, 0.29) is 34.4 Å². The third-order valence-corrected chi connectivity index (χ3v) is 6.58. The number of anilines is 1. The third-order valence-electron chi connectivity index (χ3n) is 4.82. The molecule has 0 spiro atoms. The van der Waals surface area contributed by atoms with Gasteiger partial charge in [-0.15, -0.1) is 0 Å². The summed E-state index contributed by atoms with van der Waals surface area (Å²) in [5.74, 6) is -0.0852. The van der Waals surface area contributed by atoms with Gasteiger partial charge in [-0.2, -0.15) is 4.98 Å². The molecule has 0 aliphatic carbocycles. The van der Waals surface area contributed by atoms with E-state index < -0.39 is 21.4 Å². The number of fused-ring (bicyclic) bond motifs is 1. The van der Waals surface area contributed by atoms with Crippen molar-refractivity contribution in [1.82, 2.24) is 24.0 Å². The lowest BCUT2D eigenvalue weighted by Gasteiger charge is -2.16. The molecule has 0 aliphatic heterocycles. The van der Waals surface area contributed by atoms with Gasteiger partial charge in [-0.05, 0) is 18.4 Å². The lowest BCUT2D eigenvalue weighted by atomic mass is 10.2. The van der Waals surface area contributed by atoms with E-state index in [1.807, 2.05) is 37.3 Å². The van der Waals surface area contributed by atoms with Gasteiger partial charge in [-0.25, -0.2) is 28.1 Å². The Morgan fingerprint density at radius 2 is 1.87 bits per heavy atom. The Balaban J connectivity index is 2.31. The lowest BCUT2D eigenvalue weighted by molar-refractivity contribution is 0.210. The zero-order valence-corrected chi connectivity index (χ0v) is 18.7. The monoisotopic (exact) mass is 445 g/mol. The quantitative estimate of drug-likeness (QED) is 0.535. The molecule has 3 aromatic rings. The smallest absolute Gasteiger partial charge is 0.339 e. The van der Waals surface area contributed by atoms with Crippen molar-refractivity contribution in [3.8, 4) is 0 Å². The average molecular weight is 446 g/mol. The molecule has 1 aromatic carbocycles. The number of nitrogens with two attached hydrogens (primary N) is 1. The average Bonchev–Trinajstić information content (AvgIpc) is 3.00. The first-order valence-electron chi connectivity index (χ1n) is 10.1. The Hall–Kier alpha value is -3.21. The molecule has 166 valence electrons. The summed E-state index contributed by atoms with van der Waals surface area (Å²) < 4.78 is 23.2. The number of hydrogen-bond donors (Lipinski definition) is 2. The summed E-state index contributed by atoms with van der Waals surface area (Å²) in [5.41, 5.74) is 6.49. The minimum absolute atomic E-state index is 0.0596. The van der Waals surface area contributed by atoms with Gasteiger partial charge >= 0.3 is 11.7 Å². The topological polar surface area (TPSA) is 140 Å². The van der Waals surface area contributed by atoms with Gasteiger partial charge in [0.25, 0.3) is 0 Å². The van der Waals surface area contributed by atoms with Crippen molar-refractivity contribution in [2.75, 3.05) is 25.1 Å². The maximum absolute atomic E-state index is 13.3. The highest BCUT2D eigenvalue weighted by molar-refractivity contribution is 7.92. The summed E-state index contributed by atoms with van der Waals surface area (Å²) in [5, 5.41) is -0.229. The molecule has 0 aliphatic rings. The van der Waals surface area contributed by atoms with E-state index in [4.69, 9.17) is 10.5 Å². The second-order valence-corrected chi connectivity index (χ2v) is 9.46. The van der Waals surface area contributed by atoms with Gasteiger partial charge in [-0.1, -0.05) is 44.2 Å². The van der Waals surface area contributed by atoms with Crippen LogP contribution in [-0.4, -0.2) is 53.6 Å². The van der Waals surface area contributed by atoms with E-state index in [2.05, 4.69) is 9.97 Å². The summed E-state index contributed by atoms with van der Waals surface area (Å²) in [6.45, 7) is 4.32. The summed E-state index contributed by atoms with van der Waals surface area (Å²) in [4.78, 5) is 36.2. The number of hydrogen-bond acceptors (Lipinski definition) is 7. The molecule has 2 aromatic heterocycles. The number of carbonyl (C=O) groups is 1. The van der Waals surface area contributed by atoms with Crippen LogP contribution < -0.4 is 11.4 Å². The van der Waals surface area contributed by atoms with Gasteiger partial charge < -0.3 is 10.6 Å². The van der Waals surface area contributed by atoms with Crippen molar-refractivity contribution in [2.45, 2.75) is 38.4 Å². The number of nitrogens with zero attached hydrogens (tertiary/aromatic N) is 5. The molecule has 11 heteroatoms. The molecule has 0 radical (unpaired) electrons. The largest absolute Gasteiger partial charge is 0.382 e. The summed E-state index contributed by atoms with van der Waals surface area (Å²) in [7, 11) is -1.69. The standard InChI is InChI=1S/C20H27N7O3S/c1-4-11-25(3)19(28)27-15-16(21)23-18(31(22,30)12-5-2)24-17(15)26(20(27)29)13-14-9-7-6-8-10-14/h6-10,22H,4-5,11-13H2,1-3H3,(H2,21,23,24). The first-order chi connectivity index (χ1) is 14.7. The van der Waals surface area contributed by atoms with Gasteiger partial charge in [0.1, 0.15) is 15.2 Å². The number of amides is 1. The van der Waals surface area contributed by atoms with Gasteiger partial charge in [0.15, 0.2) is 11.5 Å². The van der Waals surface area contributed by atoms with Crippen LogP contribution in [0.15, 0.2) is 40.3 Å². The predicted molar refractivity (Wildman–Crippen MR) is 120 cm³/mol. The minimum Gasteiger partial charge on any atom is -0.382 e. The molecule has 0 saturated heterocycles. The Morgan fingerprint density at radius 1 is 1.19 bits per heavy atom. The molecule has 31 heavy (non-hydrogen) atoms. The SMILES string of the molecule is CCCN(C)C(=O)n1c(=O)n(Cc2ccccc2)c2nc(S(=N)(=O)CCC)nc(N)c21. The van der Waals surface area contributed by atoms with Crippen molar-refractivity contribution < 1.29 is 9.00 Å². The zero-order chi connectivity index (χ0) is 22.8. The Morgan fingerprint density at radius 3 is 2.48 bits per heavy atom. The molecule has 3 N–H and O–H groups in total. The molecule has 1 amide bonds. The van der Waals surface area contributed by atoms with E-state index >= 15 is 0 Å². The van der Waals surface area contributed by atoms with Crippen molar-refractivity contribution in [2.24, 2.45) is 0 Å². The number of rotatable bonds is 7. The second-order valence-electron chi connectivity index (χ2n) is 7.34. The van der Waals surface area contributed by atoms with Gasteiger partial charge in [0.05, 0.1) is 6.54 Å². The van der Waals surface area contributed by atoms with Crippen LogP contribution in [0.3, 0.4) is 0 Å². The molecule has 2 heterocycles. The fraction of sp³-hybridized carbons (Fsp3) is 0.400. The summed E-state index contributed by atoms with van der Waals surface area (Å²) in [6, 6.07) is 8.68. The van der Waals surface area contributed by atoms with Crippen LogP contribution in [-0.2, 0) is 16.3 Å². The van der Waals surface area contributed by atoms with E-state index in [1.54, 1.807) is 14.0 Å². The van der Waals surface area contributed by atoms with Crippen LogP contribution in [0.1, 0.15) is 32.3 Å². The zero-order valence-electron chi connectivity index (χ0n) is 17.9. The molecule has 0 fully saturated rings. The van der Waals surface area contributed by atoms with Crippen LogP contribution in [0, 0.1) is 4.78 Å². The molecule has 0 saturated carbocycles. The molecule has 0 bridgehead atoms. The first-order valence-corrected chi connectivity index (χ1v) is 11.8. The third kappa shape index (κ3) is 4.31. The number of nitrogens with one attached hydrogen (secondary N) is 1. The van der Waals surface area contributed by atoms with E-state index in [0.29, 0.717) is 19.4 Å². The normalized spacial score (nSPS) is 13.3. The molecule has 3 rings (SSSR count). The summed E-state index contributed by atoms with van der Waals surface area (Å²) in [6.07, 6.45) is 1.22. The van der Waals surface area contributed by atoms with Crippen LogP contribution in [0.25, 0.3) is 11.2 Å². The molecule has 1 unspecified atom stereocenters. The Kier molecular flexibility index (Phi) is 6.44. The van der Waals surface area contributed by atoms with Gasteiger partial charge in [-0.3, -0.25) is 4.57 Å². The van der Waals surface area contributed by atoms with Crippen molar-refractivity contribution in [1.29, 1.82) is 4.78 Å². The summed E-state index contributed by atoms with van der Waals surface area (Å²) >= 11 is 0. The van der Waals surface area contributed by atoms with Crippen LogP contribution in [0.4, 0.5) is 10.6 Å². The molecular formula is C20H27N7O3S. The fourth-order valence-electron chi connectivity index (χ4n) is 3.36. The van der Waals surface area contributed by atoms with Crippen LogP contribution >= 0.6 is 0 Å². The highest BCUT2D eigenvalue weighted by Gasteiger charge is 2.27. The maximum Gasteiger partial charge on any atom is 0.339 e. The highest BCUT2D eigenvalue weighted by atomic mass is 32.2. The van der Waals surface area contributed by atoms with Crippen molar-refractivity contribution in [3.05, 3.63) is 46.4 Å². The Labute approximate surface area is 180 Å². The van der Waals surface area contributed by atoms with E-state index in [9.17, 15) is 13.8 Å². The Bertz CT molecular complexity index is 1260. The predicted octanol–water partition coefficient (Wildman–Crippen LogP) is 2.35. The van der Waals surface area contributed by atoms with Crippen molar-refractivity contribution >= 4 is 32.7 Å². The number of carbonyl (C=O) groups excluding carboxylic acids is 1. The number of imidazole rings is 1. The van der Waals surface area contributed by atoms with Crippen LogP contribution in [0.5, 0.6) is 0 Å². The maximum atomic E-state index is 13.3. The van der Waals surface area contributed by atoms with E-state index in [1.165, 1.54) is 9.47 Å². The molecular weight excluding hydrogens is 418 g/mol. The van der Waals surface area contributed by atoms with Crippen LogP contribution in [0.2, 0.25) is 0 Å². The lowest BCUT2D eigenvalue weighted by Crippen LogP contribution is -2.38. The van der Waals surface area contributed by atoms with Gasteiger partial charge in [0.2, 0.25) is 5.16 Å². The second kappa shape index (κ2) is 8.88. The molecule has 1 atom stereocenters. The van der Waals surface area contributed by atoms with Gasteiger partial charge in [0, 0.05) is 19.3 Å². The fourth-order valence-corrected chi connectivity index (χ4v) is 4.60. The van der Waals surface area contributed by atoms with E-state index in [0.717, 1.165) is 10.1 Å². The minimum atomic E-state index is -3.28. The highest BCUT2D eigenvalue weighted by Crippen LogP contribution is 2.22. The molecule has 10 nitrogen and oxygen atoms in total. The van der Waals surface area contributed by atoms with Crippen molar-refractivity contribution in [3.63, 3.8) is 0 Å². The number of aromatic nitrogens is 4. The first kappa shape index (κ1) is 22.5. The number of benzene rings is 1.